The van der Waals surface area contributed by atoms with Crippen LogP contribution in [0.4, 0.5) is 0 Å². The van der Waals surface area contributed by atoms with Crippen LogP contribution in [-0.4, -0.2) is 9.79 Å². The molecule has 0 atom stereocenters. The van der Waals surface area contributed by atoms with Gasteiger partial charge in [0, 0.05) is 0 Å². The molecule has 2 aromatic rings. The quantitative estimate of drug-likeness (QED) is 0.660. The van der Waals surface area contributed by atoms with Crippen molar-refractivity contribution in [1.82, 2.24) is 0 Å². The molecule has 0 amide bonds. The number of hydrogen-bond donors (Lipinski definition) is 2. The van der Waals surface area contributed by atoms with Gasteiger partial charge in [-0.2, -0.15) is 0 Å². The van der Waals surface area contributed by atoms with E-state index in [-0.39, 0.29) is 5.30 Å². The molecule has 0 heterocycles. The van der Waals surface area contributed by atoms with Gasteiger partial charge in [0.2, 0.25) is 0 Å². The standard InChI is InChI=1S/C14H13O3P/c1-9-6-11-7-10-4-2-3-5-12(10)13(11)8-14(9)18(15,16)17/h2-6,8H,7H2,1H3,(H2,15,16,17). The Morgan fingerprint density at radius 1 is 1.06 bits per heavy atom. The molecule has 0 unspecified atom stereocenters. The molecule has 1 aliphatic carbocycles. The van der Waals surface area contributed by atoms with Gasteiger partial charge in [-0.15, -0.1) is 0 Å². The summed E-state index contributed by atoms with van der Waals surface area (Å²) in [5.41, 5.74) is 5.06. The predicted octanol–water partition coefficient (Wildman–Crippen LogP) is 2.37. The van der Waals surface area contributed by atoms with E-state index in [1.54, 1.807) is 13.0 Å². The highest BCUT2D eigenvalue weighted by Crippen LogP contribution is 2.41. The summed E-state index contributed by atoms with van der Waals surface area (Å²) in [5.74, 6) is 0. The Bertz CT molecular complexity index is 685. The Morgan fingerprint density at radius 2 is 1.78 bits per heavy atom. The minimum atomic E-state index is -4.20. The predicted molar refractivity (Wildman–Crippen MR) is 71.1 cm³/mol. The fourth-order valence-electron chi connectivity index (χ4n) is 2.61. The summed E-state index contributed by atoms with van der Waals surface area (Å²) in [4.78, 5) is 18.7. The molecule has 0 saturated heterocycles. The van der Waals surface area contributed by atoms with Gasteiger partial charge in [0.15, 0.2) is 0 Å². The van der Waals surface area contributed by atoms with Crippen molar-refractivity contribution in [3.63, 3.8) is 0 Å². The fraction of sp³-hybridized carbons (Fsp3) is 0.143. The van der Waals surface area contributed by atoms with Crippen molar-refractivity contribution < 1.29 is 14.4 Å². The Morgan fingerprint density at radius 3 is 2.50 bits per heavy atom. The van der Waals surface area contributed by atoms with Crippen LogP contribution < -0.4 is 5.30 Å². The number of benzene rings is 2. The van der Waals surface area contributed by atoms with Crippen LogP contribution in [0, 0.1) is 6.92 Å². The fourth-order valence-corrected chi connectivity index (χ4v) is 3.43. The van der Waals surface area contributed by atoms with Crippen molar-refractivity contribution in [1.29, 1.82) is 0 Å². The Kier molecular flexibility index (Phi) is 2.46. The van der Waals surface area contributed by atoms with E-state index in [1.165, 1.54) is 5.56 Å². The van der Waals surface area contributed by atoms with E-state index in [0.29, 0.717) is 5.56 Å². The Balaban J connectivity index is 2.27. The highest BCUT2D eigenvalue weighted by Gasteiger charge is 2.25. The molecule has 0 bridgehead atoms. The summed E-state index contributed by atoms with van der Waals surface area (Å²) >= 11 is 0. The number of aryl methyl sites for hydroxylation is 1. The molecule has 0 radical (unpaired) electrons. The van der Waals surface area contributed by atoms with Crippen LogP contribution in [0.1, 0.15) is 16.7 Å². The molecule has 4 heteroatoms. The first kappa shape index (κ1) is 11.7. The third-order valence-electron chi connectivity index (χ3n) is 3.42. The second kappa shape index (κ2) is 3.79. The summed E-state index contributed by atoms with van der Waals surface area (Å²) < 4.78 is 11.5. The average Bonchev–Trinajstić information content (AvgIpc) is 2.63. The van der Waals surface area contributed by atoms with Crippen molar-refractivity contribution in [2.75, 3.05) is 0 Å². The molecule has 0 saturated carbocycles. The van der Waals surface area contributed by atoms with Gasteiger partial charge < -0.3 is 9.79 Å². The highest BCUT2D eigenvalue weighted by molar-refractivity contribution is 7.60. The summed E-state index contributed by atoms with van der Waals surface area (Å²) in [6, 6.07) is 11.5. The van der Waals surface area contributed by atoms with Gasteiger partial charge in [-0.3, -0.25) is 4.57 Å². The zero-order valence-corrected chi connectivity index (χ0v) is 10.8. The molecule has 92 valence electrons. The molecule has 0 fully saturated rings. The van der Waals surface area contributed by atoms with Gasteiger partial charge in [0.25, 0.3) is 0 Å². The lowest BCUT2D eigenvalue weighted by Crippen LogP contribution is -2.09. The lowest BCUT2D eigenvalue weighted by molar-refractivity contribution is 0.387. The minimum Gasteiger partial charge on any atom is -0.321 e. The minimum absolute atomic E-state index is 0.137. The van der Waals surface area contributed by atoms with Gasteiger partial charge >= 0.3 is 7.60 Å². The van der Waals surface area contributed by atoms with Crippen LogP contribution in [0.3, 0.4) is 0 Å². The van der Waals surface area contributed by atoms with E-state index in [0.717, 1.165) is 23.1 Å². The lowest BCUT2D eigenvalue weighted by Gasteiger charge is -2.11. The van der Waals surface area contributed by atoms with Crippen molar-refractivity contribution in [2.45, 2.75) is 13.3 Å². The maximum atomic E-state index is 11.5. The van der Waals surface area contributed by atoms with Crippen LogP contribution in [0.2, 0.25) is 0 Å². The van der Waals surface area contributed by atoms with E-state index in [4.69, 9.17) is 0 Å². The number of rotatable bonds is 1. The Hall–Kier alpha value is -1.41. The van der Waals surface area contributed by atoms with Crippen LogP contribution in [-0.2, 0) is 11.0 Å². The third kappa shape index (κ3) is 1.72. The SMILES string of the molecule is Cc1cc2c(cc1P(=O)(O)O)-c1ccccc1C2. The molecular formula is C14H13O3P. The first-order chi connectivity index (χ1) is 8.47. The molecule has 1 aliphatic rings. The van der Waals surface area contributed by atoms with Crippen LogP contribution in [0.25, 0.3) is 11.1 Å². The smallest absolute Gasteiger partial charge is 0.321 e. The van der Waals surface area contributed by atoms with Gasteiger partial charge in [-0.1, -0.05) is 30.3 Å². The molecule has 2 N–H and O–H groups in total. The molecule has 0 aromatic heterocycles. The second-order valence-corrected chi connectivity index (χ2v) is 6.24. The van der Waals surface area contributed by atoms with Crippen molar-refractivity contribution in [3.8, 4) is 11.1 Å². The van der Waals surface area contributed by atoms with Crippen molar-refractivity contribution >= 4 is 12.9 Å². The van der Waals surface area contributed by atoms with E-state index in [9.17, 15) is 14.4 Å². The number of hydrogen-bond acceptors (Lipinski definition) is 1. The van der Waals surface area contributed by atoms with Crippen LogP contribution in [0.15, 0.2) is 36.4 Å². The van der Waals surface area contributed by atoms with Crippen molar-refractivity contribution in [2.24, 2.45) is 0 Å². The van der Waals surface area contributed by atoms with Gasteiger partial charge in [0.1, 0.15) is 0 Å². The molecule has 2 aromatic carbocycles. The maximum Gasteiger partial charge on any atom is 0.356 e. The van der Waals surface area contributed by atoms with Crippen LogP contribution >= 0.6 is 7.60 Å². The number of fused-ring (bicyclic) bond motifs is 3. The molecule has 3 nitrogen and oxygen atoms in total. The molecular weight excluding hydrogens is 247 g/mol. The lowest BCUT2D eigenvalue weighted by atomic mass is 10.0. The van der Waals surface area contributed by atoms with Gasteiger partial charge in [-0.05, 0) is 47.2 Å². The summed E-state index contributed by atoms with van der Waals surface area (Å²) in [6.45, 7) is 1.75. The summed E-state index contributed by atoms with van der Waals surface area (Å²) in [7, 11) is -4.20. The third-order valence-corrected chi connectivity index (χ3v) is 4.53. The molecule has 0 aliphatic heterocycles. The topological polar surface area (TPSA) is 57.5 Å². The average molecular weight is 260 g/mol. The highest BCUT2D eigenvalue weighted by atomic mass is 31.2. The van der Waals surface area contributed by atoms with E-state index in [1.807, 2.05) is 24.3 Å². The van der Waals surface area contributed by atoms with Crippen LogP contribution in [0.5, 0.6) is 0 Å². The molecule has 18 heavy (non-hydrogen) atoms. The van der Waals surface area contributed by atoms with Gasteiger partial charge in [-0.25, -0.2) is 0 Å². The van der Waals surface area contributed by atoms with E-state index >= 15 is 0 Å². The van der Waals surface area contributed by atoms with E-state index in [2.05, 4.69) is 6.07 Å². The monoisotopic (exact) mass is 260 g/mol. The summed E-state index contributed by atoms with van der Waals surface area (Å²) in [5, 5.41) is 0.137. The molecule has 0 spiro atoms. The molecule has 3 rings (SSSR count). The van der Waals surface area contributed by atoms with E-state index < -0.39 is 7.60 Å². The Labute approximate surface area is 105 Å². The first-order valence-electron chi connectivity index (χ1n) is 5.75. The normalized spacial score (nSPS) is 13.3. The van der Waals surface area contributed by atoms with Gasteiger partial charge in [0.05, 0.1) is 5.30 Å². The van der Waals surface area contributed by atoms with Crippen molar-refractivity contribution in [3.05, 3.63) is 53.1 Å². The summed E-state index contributed by atoms with van der Waals surface area (Å²) in [6.07, 6.45) is 0.841. The second-order valence-electron chi connectivity index (χ2n) is 4.67. The zero-order chi connectivity index (χ0) is 12.9. The maximum absolute atomic E-state index is 11.5. The zero-order valence-electron chi connectivity index (χ0n) is 9.92. The first-order valence-corrected chi connectivity index (χ1v) is 7.36. The largest absolute Gasteiger partial charge is 0.356 e.